The molecule has 1 fully saturated rings. The van der Waals surface area contributed by atoms with Gasteiger partial charge >= 0.3 is 5.97 Å². The van der Waals surface area contributed by atoms with Gasteiger partial charge in [0.15, 0.2) is 5.56 Å². The van der Waals surface area contributed by atoms with E-state index in [9.17, 15) is 19.8 Å². The Morgan fingerprint density at radius 3 is 2.71 bits per heavy atom. The molecule has 0 radical (unpaired) electrons. The SMILES string of the molecule is C[C@H]1CCc2c(ccc3c2cc(CN2CCCC2)n3C)-c2[nH]c(=O)c(C(=O)O)c(O)c21. The number of hydrogen-bond donors (Lipinski definition) is 3. The lowest BCUT2D eigenvalue weighted by molar-refractivity contribution is 0.0691. The fourth-order valence-electron chi connectivity index (χ4n) is 5.35. The highest BCUT2D eigenvalue weighted by molar-refractivity contribution is 5.95. The molecule has 5 rings (SSSR count). The number of benzene rings is 1. The number of carbonyl (C=O) groups is 1. The Balaban J connectivity index is 1.71. The zero-order valence-corrected chi connectivity index (χ0v) is 17.9. The van der Waals surface area contributed by atoms with Crippen LogP contribution in [0.15, 0.2) is 23.0 Å². The fourth-order valence-corrected chi connectivity index (χ4v) is 5.35. The predicted octanol–water partition coefficient (Wildman–Crippen LogP) is 3.58. The quantitative estimate of drug-likeness (QED) is 0.600. The lowest BCUT2D eigenvalue weighted by Crippen LogP contribution is -2.20. The zero-order chi connectivity index (χ0) is 21.9. The molecule has 1 aromatic carbocycles. The number of aromatic nitrogens is 2. The zero-order valence-electron chi connectivity index (χ0n) is 17.9. The topological polar surface area (TPSA) is 98.6 Å². The number of carboxylic acids is 1. The number of likely N-dealkylation sites (tertiary alicyclic amines) is 1. The minimum atomic E-state index is -1.41. The Morgan fingerprint density at radius 1 is 1.26 bits per heavy atom. The molecule has 0 bridgehead atoms. The average molecular weight is 421 g/mol. The third kappa shape index (κ3) is 3.07. The molecule has 3 N–H and O–H groups in total. The molecule has 31 heavy (non-hydrogen) atoms. The number of aromatic amines is 1. The molecule has 0 unspecified atom stereocenters. The number of fused-ring (bicyclic) bond motifs is 5. The van der Waals surface area contributed by atoms with Gasteiger partial charge in [-0.15, -0.1) is 0 Å². The van der Waals surface area contributed by atoms with Gasteiger partial charge in [-0.25, -0.2) is 4.79 Å². The van der Waals surface area contributed by atoms with Gasteiger partial charge in [0.05, 0.1) is 5.69 Å². The molecule has 162 valence electrons. The van der Waals surface area contributed by atoms with Gasteiger partial charge < -0.3 is 19.8 Å². The van der Waals surface area contributed by atoms with Crippen molar-refractivity contribution in [3.63, 3.8) is 0 Å². The minimum Gasteiger partial charge on any atom is -0.506 e. The van der Waals surface area contributed by atoms with Crippen LogP contribution in [0.3, 0.4) is 0 Å². The third-order valence-corrected chi connectivity index (χ3v) is 7.05. The van der Waals surface area contributed by atoms with Crippen molar-refractivity contribution in [3.8, 4) is 17.0 Å². The number of hydrogen-bond acceptors (Lipinski definition) is 4. The lowest BCUT2D eigenvalue weighted by atomic mass is 9.93. The van der Waals surface area contributed by atoms with Crippen molar-refractivity contribution in [3.05, 3.63) is 50.9 Å². The Hall–Kier alpha value is -3.06. The number of nitrogens with one attached hydrogen (secondary N) is 1. The second-order valence-electron chi connectivity index (χ2n) is 8.91. The van der Waals surface area contributed by atoms with Gasteiger partial charge in [-0.05, 0) is 62.4 Å². The maximum Gasteiger partial charge on any atom is 0.345 e. The highest BCUT2D eigenvalue weighted by atomic mass is 16.4. The van der Waals surface area contributed by atoms with Gasteiger partial charge in [0.25, 0.3) is 5.56 Å². The molecule has 3 aromatic rings. The number of aromatic carboxylic acids is 1. The summed E-state index contributed by atoms with van der Waals surface area (Å²) in [7, 11) is 2.10. The monoisotopic (exact) mass is 421 g/mol. The van der Waals surface area contributed by atoms with Crippen molar-refractivity contribution in [1.29, 1.82) is 0 Å². The van der Waals surface area contributed by atoms with Gasteiger partial charge in [0, 0.05) is 41.3 Å². The predicted molar refractivity (Wildman–Crippen MR) is 119 cm³/mol. The van der Waals surface area contributed by atoms with Crippen LogP contribution in [-0.2, 0) is 20.0 Å². The molecule has 2 aliphatic rings. The van der Waals surface area contributed by atoms with Crippen LogP contribution >= 0.6 is 0 Å². The first-order chi connectivity index (χ1) is 14.9. The van der Waals surface area contributed by atoms with Gasteiger partial charge in [-0.2, -0.15) is 0 Å². The molecule has 0 amide bonds. The second-order valence-corrected chi connectivity index (χ2v) is 8.91. The summed E-state index contributed by atoms with van der Waals surface area (Å²) >= 11 is 0. The molecule has 3 heterocycles. The van der Waals surface area contributed by atoms with Crippen LogP contribution in [0, 0.1) is 0 Å². The largest absolute Gasteiger partial charge is 0.506 e. The summed E-state index contributed by atoms with van der Waals surface area (Å²) < 4.78 is 2.25. The maximum absolute atomic E-state index is 12.5. The Bertz CT molecular complexity index is 1260. The van der Waals surface area contributed by atoms with Crippen molar-refractivity contribution in [2.24, 2.45) is 7.05 Å². The second kappa shape index (κ2) is 7.27. The number of aromatic hydroxyl groups is 1. The fraction of sp³-hybridized carbons (Fsp3) is 0.417. The number of rotatable bonds is 3. The molecule has 0 saturated carbocycles. The molecule has 2 aromatic heterocycles. The average Bonchev–Trinajstić information content (AvgIpc) is 3.30. The van der Waals surface area contributed by atoms with Crippen molar-refractivity contribution in [1.82, 2.24) is 14.5 Å². The third-order valence-electron chi connectivity index (χ3n) is 7.05. The van der Waals surface area contributed by atoms with E-state index in [1.165, 1.54) is 18.5 Å². The number of pyridine rings is 1. The van der Waals surface area contributed by atoms with E-state index in [0.29, 0.717) is 11.3 Å². The summed E-state index contributed by atoms with van der Waals surface area (Å²) in [5.74, 6) is -1.90. The summed E-state index contributed by atoms with van der Waals surface area (Å²) in [6.07, 6.45) is 4.06. The standard InChI is InChI=1S/C24H27N3O4/c1-13-5-6-15-16(21-19(13)22(28)20(24(30)31)23(29)25-21)7-8-18-17(15)11-14(26(18)2)12-27-9-3-4-10-27/h7-8,11,13H,3-6,9-10,12H2,1-2H3,(H,30,31)(H2,25,28,29)/t13-/m0/s1. The summed E-state index contributed by atoms with van der Waals surface area (Å²) in [5.41, 5.74) is 4.13. The van der Waals surface area contributed by atoms with E-state index < -0.39 is 22.8 Å². The summed E-state index contributed by atoms with van der Waals surface area (Å²) in [6.45, 7) is 5.16. The van der Waals surface area contributed by atoms with Crippen LogP contribution in [-0.4, -0.2) is 43.7 Å². The first kappa shape index (κ1) is 19.9. The van der Waals surface area contributed by atoms with Crippen molar-refractivity contribution >= 4 is 16.9 Å². The number of H-pyrrole nitrogens is 1. The van der Waals surface area contributed by atoms with E-state index in [2.05, 4.69) is 33.6 Å². The molecular formula is C24H27N3O4. The van der Waals surface area contributed by atoms with Crippen LogP contribution < -0.4 is 5.56 Å². The minimum absolute atomic E-state index is 0.0832. The van der Waals surface area contributed by atoms with Gasteiger partial charge in [0.1, 0.15) is 5.75 Å². The Morgan fingerprint density at radius 2 is 2.00 bits per heavy atom. The van der Waals surface area contributed by atoms with E-state index in [4.69, 9.17) is 0 Å². The molecule has 7 nitrogen and oxygen atoms in total. The first-order valence-corrected chi connectivity index (χ1v) is 10.9. The first-order valence-electron chi connectivity index (χ1n) is 10.9. The number of nitrogens with zero attached hydrogens (tertiary/aromatic N) is 2. The summed E-state index contributed by atoms with van der Waals surface area (Å²) in [6, 6.07) is 6.30. The Labute approximate surface area is 179 Å². The normalized spacial score (nSPS) is 18.7. The molecular weight excluding hydrogens is 394 g/mol. The molecule has 7 heteroatoms. The van der Waals surface area contributed by atoms with Crippen molar-refractivity contribution in [2.45, 2.75) is 45.1 Å². The highest BCUT2D eigenvalue weighted by Crippen LogP contribution is 2.43. The molecule has 0 spiro atoms. The summed E-state index contributed by atoms with van der Waals surface area (Å²) in [4.78, 5) is 29.3. The van der Waals surface area contributed by atoms with Crippen LogP contribution in [0.2, 0.25) is 0 Å². The van der Waals surface area contributed by atoms with Crippen LogP contribution in [0.4, 0.5) is 0 Å². The van der Waals surface area contributed by atoms with Crippen LogP contribution in [0.1, 0.15) is 59.3 Å². The Kier molecular flexibility index (Phi) is 4.66. The lowest BCUT2D eigenvalue weighted by Gasteiger charge is -2.16. The van der Waals surface area contributed by atoms with Crippen LogP contribution in [0.25, 0.3) is 22.2 Å². The van der Waals surface area contributed by atoms with E-state index in [0.717, 1.165) is 54.5 Å². The van der Waals surface area contributed by atoms with Crippen molar-refractivity contribution in [2.75, 3.05) is 13.1 Å². The number of aryl methyl sites for hydroxylation is 2. The number of carboxylic acid groups (broad SMARTS) is 1. The van der Waals surface area contributed by atoms with Gasteiger partial charge in [-0.1, -0.05) is 13.0 Å². The highest BCUT2D eigenvalue weighted by Gasteiger charge is 2.30. The molecule has 1 atom stereocenters. The van der Waals surface area contributed by atoms with E-state index >= 15 is 0 Å². The van der Waals surface area contributed by atoms with E-state index in [1.54, 1.807) is 0 Å². The molecule has 1 saturated heterocycles. The van der Waals surface area contributed by atoms with Crippen LogP contribution in [0.5, 0.6) is 5.75 Å². The van der Waals surface area contributed by atoms with Gasteiger partial charge in [-0.3, -0.25) is 9.69 Å². The van der Waals surface area contributed by atoms with Crippen molar-refractivity contribution < 1.29 is 15.0 Å². The summed E-state index contributed by atoms with van der Waals surface area (Å²) in [5, 5.41) is 21.3. The maximum atomic E-state index is 12.5. The molecule has 1 aliphatic heterocycles. The molecule has 1 aliphatic carbocycles. The smallest absolute Gasteiger partial charge is 0.345 e. The van der Waals surface area contributed by atoms with E-state index in [-0.39, 0.29) is 5.92 Å². The van der Waals surface area contributed by atoms with Gasteiger partial charge in [0.2, 0.25) is 0 Å². The van der Waals surface area contributed by atoms with E-state index in [1.807, 2.05) is 13.0 Å².